The Morgan fingerprint density at radius 3 is 2.31 bits per heavy atom. The number of carbonyl (C=O) groups excluding carboxylic acids is 1. The first-order valence-electron chi connectivity index (χ1n) is 11.8. The number of benzene rings is 4. The van der Waals surface area contributed by atoms with Gasteiger partial charge in [-0.1, -0.05) is 78.3 Å². The lowest BCUT2D eigenvalue weighted by atomic mass is 10.1. The number of nitrogens with zero attached hydrogens (tertiary/aromatic N) is 3. The van der Waals surface area contributed by atoms with Gasteiger partial charge in [0.05, 0.1) is 27.5 Å². The number of nitrogens with one attached hydrogen (secondary N) is 2. The molecule has 1 amide bonds. The Morgan fingerprint density at radius 1 is 0.872 bits per heavy atom. The van der Waals surface area contributed by atoms with Gasteiger partial charge in [0.15, 0.2) is 0 Å². The predicted octanol–water partition coefficient (Wildman–Crippen LogP) is 5.76. The molecule has 1 heterocycles. The third-order valence-electron chi connectivity index (χ3n) is 5.70. The first kappa shape index (κ1) is 25.9. The van der Waals surface area contributed by atoms with E-state index in [4.69, 9.17) is 16.7 Å². The van der Waals surface area contributed by atoms with E-state index < -0.39 is 15.9 Å². The minimum atomic E-state index is -3.98. The highest BCUT2D eigenvalue weighted by atomic mass is 35.5. The summed E-state index contributed by atoms with van der Waals surface area (Å²) in [6.07, 6.45) is 3.33. The highest BCUT2D eigenvalue weighted by Crippen LogP contribution is 2.25. The Bertz CT molecular complexity index is 1750. The van der Waals surface area contributed by atoms with Gasteiger partial charge in [-0.3, -0.25) is 9.52 Å². The maximum atomic E-state index is 12.9. The molecular formula is C29H22ClN5O3S. The minimum Gasteiger partial charge on any atom is -0.278 e. The summed E-state index contributed by atoms with van der Waals surface area (Å²) < 4.78 is 29.9. The van der Waals surface area contributed by atoms with E-state index in [1.165, 1.54) is 30.5 Å². The second-order valence-electron chi connectivity index (χ2n) is 8.39. The van der Waals surface area contributed by atoms with Gasteiger partial charge in [-0.15, -0.1) is 0 Å². The summed E-state index contributed by atoms with van der Waals surface area (Å²) in [4.78, 5) is 12.7. The summed E-state index contributed by atoms with van der Waals surface area (Å²) in [5.41, 5.74) is 5.98. The van der Waals surface area contributed by atoms with Crippen LogP contribution >= 0.6 is 11.6 Å². The van der Waals surface area contributed by atoms with Crippen LogP contribution in [-0.2, 0) is 10.0 Å². The van der Waals surface area contributed by atoms with Gasteiger partial charge in [-0.25, -0.2) is 18.5 Å². The number of sulfonamides is 1. The molecule has 0 fully saturated rings. The van der Waals surface area contributed by atoms with E-state index >= 15 is 0 Å². The molecule has 5 rings (SSSR count). The first-order valence-corrected chi connectivity index (χ1v) is 13.7. The van der Waals surface area contributed by atoms with Crippen molar-refractivity contribution in [1.29, 1.82) is 0 Å². The largest absolute Gasteiger partial charge is 0.278 e. The van der Waals surface area contributed by atoms with Gasteiger partial charge in [0.1, 0.15) is 5.69 Å². The molecule has 0 aliphatic rings. The van der Waals surface area contributed by atoms with Crippen LogP contribution in [0, 0.1) is 0 Å². The number of para-hydroxylation sites is 2. The van der Waals surface area contributed by atoms with E-state index in [1.807, 2.05) is 66.9 Å². The van der Waals surface area contributed by atoms with Crippen molar-refractivity contribution in [3.05, 3.63) is 132 Å². The van der Waals surface area contributed by atoms with E-state index in [-0.39, 0.29) is 21.2 Å². The smallest absolute Gasteiger partial charge is 0.271 e. The fourth-order valence-electron chi connectivity index (χ4n) is 3.79. The number of carbonyl (C=O) groups is 1. The number of amides is 1. The van der Waals surface area contributed by atoms with Gasteiger partial charge in [0.25, 0.3) is 15.9 Å². The zero-order valence-electron chi connectivity index (χ0n) is 20.4. The number of halogens is 1. The average molecular weight is 556 g/mol. The van der Waals surface area contributed by atoms with Crippen LogP contribution < -0.4 is 10.1 Å². The lowest BCUT2D eigenvalue weighted by molar-refractivity contribution is 0.0955. The highest BCUT2D eigenvalue weighted by molar-refractivity contribution is 7.92. The van der Waals surface area contributed by atoms with Gasteiger partial charge in [0.2, 0.25) is 0 Å². The summed E-state index contributed by atoms with van der Waals surface area (Å²) >= 11 is 6.08. The predicted molar refractivity (Wildman–Crippen MR) is 153 cm³/mol. The van der Waals surface area contributed by atoms with Crippen molar-refractivity contribution in [3.63, 3.8) is 0 Å². The van der Waals surface area contributed by atoms with Crippen molar-refractivity contribution in [1.82, 2.24) is 15.2 Å². The second kappa shape index (κ2) is 11.3. The molecule has 39 heavy (non-hydrogen) atoms. The number of anilines is 1. The molecule has 10 heteroatoms. The fourth-order valence-corrected chi connectivity index (χ4v) is 5.16. The Balaban J connectivity index is 1.36. The van der Waals surface area contributed by atoms with Crippen LogP contribution in [0.2, 0.25) is 5.02 Å². The highest BCUT2D eigenvalue weighted by Gasteiger charge is 2.18. The maximum Gasteiger partial charge on any atom is 0.271 e. The number of aromatic nitrogens is 2. The van der Waals surface area contributed by atoms with Crippen molar-refractivity contribution in [2.24, 2.45) is 5.10 Å². The van der Waals surface area contributed by atoms with E-state index in [9.17, 15) is 13.2 Å². The molecule has 0 radical (unpaired) electrons. The third kappa shape index (κ3) is 6.06. The molecular weight excluding hydrogens is 534 g/mol. The zero-order chi connectivity index (χ0) is 27.2. The van der Waals surface area contributed by atoms with Gasteiger partial charge in [-0.05, 0) is 42.5 Å². The Hall–Kier alpha value is -4.73. The van der Waals surface area contributed by atoms with Crippen LogP contribution in [-0.4, -0.2) is 30.3 Å². The van der Waals surface area contributed by atoms with Crippen LogP contribution in [0.1, 0.15) is 15.9 Å². The van der Waals surface area contributed by atoms with E-state index in [2.05, 4.69) is 15.2 Å². The number of hydrogen-bond donors (Lipinski definition) is 2. The van der Waals surface area contributed by atoms with Crippen LogP contribution in [0.15, 0.2) is 125 Å². The first-order chi connectivity index (χ1) is 18.9. The molecule has 4 aromatic carbocycles. The van der Waals surface area contributed by atoms with Crippen molar-refractivity contribution >= 4 is 39.4 Å². The van der Waals surface area contributed by atoms with E-state index in [0.717, 1.165) is 11.3 Å². The van der Waals surface area contributed by atoms with Crippen molar-refractivity contribution in [2.75, 3.05) is 4.72 Å². The zero-order valence-corrected chi connectivity index (χ0v) is 22.0. The summed E-state index contributed by atoms with van der Waals surface area (Å²) in [7, 11) is -3.98. The molecule has 5 aromatic rings. The molecule has 0 atom stereocenters. The number of rotatable bonds is 8. The second-order valence-corrected chi connectivity index (χ2v) is 10.5. The Kier molecular flexibility index (Phi) is 7.53. The number of hydrogen-bond acceptors (Lipinski definition) is 5. The monoisotopic (exact) mass is 555 g/mol. The van der Waals surface area contributed by atoms with Crippen LogP contribution in [0.4, 0.5) is 5.69 Å². The molecule has 194 valence electrons. The summed E-state index contributed by atoms with van der Waals surface area (Å²) in [5.74, 6) is -0.572. The molecule has 0 saturated carbocycles. The van der Waals surface area contributed by atoms with Crippen LogP contribution in [0.3, 0.4) is 0 Å². The van der Waals surface area contributed by atoms with Crippen LogP contribution in [0.5, 0.6) is 0 Å². The lowest BCUT2D eigenvalue weighted by Crippen LogP contribution is -2.19. The summed E-state index contributed by atoms with van der Waals surface area (Å²) in [6, 6.07) is 31.4. The van der Waals surface area contributed by atoms with Gasteiger partial charge >= 0.3 is 0 Å². The minimum absolute atomic E-state index is 0.0884. The molecule has 8 nitrogen and oxygen atoms in total. The normalized spacial score (nSPS) is 11.4. The molecule has 0 bridgehead atoms. The topological polar surface area (TPSA) is 105 Å². The molecule has 0 unspecified atom stereocenters. The van der Waals surface area contributed by atoms with Gasteiger partial charge in [-0.2, -0.15) is 10.2 Å². The van der Waals surface area contributed by atoms with Crippen molar-refractivity contribution in [2.45, 2.75) is 4.90 Å². The molecule has 0 aliphatic heterocycles. The standard InChI is InChI=1S/C29H22ClN5O3S/c30-26-16-7-8-17-27(26)34-39(37,38)25-15-9-12-22(18-25)29(36)32-31-19-23-20-35(24-13-5-2-6-14-24)33-28(23)21-10-3-1-4-11-21/h1-20,34H,(H,32,36)/b31-19-. The fraction of sp³-hybridized carbons (Fsp3) is 0. The Morgan fingerprint density at radius 2 is 1.56 bits per heavy atom. The maximum absolute atomic E-state index is 12.9. The quantitative estimate of drug-likeness (QED) is 0.188. The Labute approximate surface area is 230 Å². The van der Waals surface area contributed by atoms with E-state index in [0.29, 0.717) is 11.3 Å². The summed E-state index contributed by atoms with van der Waals surface area (Å²) in [6.45, 7) is 0. The summed E-state index contributed by atoms with van der Waals surface area (Å²) in [5, 5.41) is 9.10. The van der Waals surface area contributed by atoms with Crippen molar-refractivity contribution in [3.8, 4) is 16.9 Å². The van der Waals surface area contributed by atoms with Gasteiger partial charge in [0, 0.05) is 22.9 Å². The van der Waals surface area contributed by atoms with Crippen molar-refractivity contribution < 1.29 is 13.2 Å². The molecule has 2 N–H and O–H groups in total. The molecule has 0 aliphatic carbocycles. The lowest BCUT2D eigenvalue weighted by Gasteiger charge is -2.10. The molecule has 0 saturated heterocycles. The van der Waals surface area contributed by atoms with Crippen LogP contribution in [0.25, 0.3) is 16.9 Å². The SMILES string of the molecule is O=C(N/N=C\c1cn(-c2ccccc2)nc1-c1ccccc1)c1cccc(S(=O)(=O)Nc2ccccc2Cl)c1. The molecule has 1 aromatic heterocycles. The molecule has 0 spiro atoms. The van der Waals surface area contributed by atoms with E-state index in [1.54, 1.807) is 28.9 Å². The number of hydrazone groups is 1. The average Bonchev–Trinajstić information content (AvgIpc) is 3.39. The van der Waals surface area contributed by atoms with Gasteiger partial charge < -0.3 is 0 Å². The third-order valence-corrected chi connectivity index (χ3v) is 7.40.